The zero-order chi connectivity index (χ0) is 20.4. The number of non-ortho nitro benzene ring substituents is 1. The number of thioether (sulfide) groups is 1. The molecule has 0 aliphatic rings. The Balaban J connectivity index is 1.51. The van der Waals surface area contributed by atoms with Crippen LogP contribution >= 0.6 is 11.8 Å². The molecule has 29 heavy (non-hydrogen) atoms. The predicted octanol–water partition coefficient (Wildman–Crippen LogP) is 3.53. The molecule has 11 heteroatoms. The molecule has 0 aliphatic carbocycles. The van der Waals surface area contributed by atoms with Gasteiger partial charge in [-0.05, 0) is 35.9 Å². The number of aromatic nitrogens is 6. The fraction of sp³-hybridized carbons (Fsp3) is 0.167. The predicted molar refractivity (Wildman–Crippen MR) is 105 cm³/mol. The molecule has 10 nitrogen and oxygen atoms in total. The molecule has 2 aromatic heterocycles. The maximum Gasteiger partial charge on any atom is 0.270 e. The van der Waals surface area contributed by atoms with Gasteiger partial charge in [0.15, 0.2) is 0 Å². The second-order valence-corrected chi connectivity index (χ2v) is 7.21. The molecule has 0 atom stereocenters. The van der Waals surface area contributed by atoms with Crippen molar-refractivity contribution in [1.29, 1.82) is 0 Å². The van der Waals surface area contributed by atoms with Crippen LogP contribution in [0.4, 0.5) is 5.69 Å². The standard InChI is InChI=1S/C18H15N7O3S/c1-11-6-7-15(12(2)8-11)24-18(20-22-23-24)29-10-16-19-17(21-28-16)13-4-3-5-14(9-13)25(26)27/h3-9H,10H2,1-2H3. The molecule has 0 amide bonds. The lowest BCUT2D eigenvalue weighted by Gasteiger charge is -2.07. The van der Waals surface area contributed by atoms with Crippen molar-refractivity contribution >= 4 is 17.4 Å². The van der Waals surface area contributed by atoms with Crippen LogP contribution in [0.1, 0.15) is 17.0 Å². The maximum absolute atomic E-state index is 10.9. The van der Waals surface area contributed by atoms with Crippen LogP contribution in [0, 0.1) is 24.0 Å². The van der Waals surface area contributed by atoms with E-state index in [0.29, 0.717) is 28.2 Å². The summed E-state index contributed by atoms with van der Waals surface area (Å²) in [4.78, 5) is 14.8. The summed E-state index contributed by atoms with van der Waals surface area (Å²) < 4.78 is 6.94. The summed E-state index contributed by atoms with van der Waals surface area (Å²) in [5.74, 6) is 1.01. The minimum atomic E-state index is -0.465. The van der Waals surface area contributed by atoms with Crippen molar-refractivity contribution in [1.82, 2.24) is 30.3 Å². The second kappa shape index (κ2) is 7.80. The van der Waals surface area contributed by atoms with Gasteiger partial charge in [0, 0.05) is 17.7 Å². The van der Waals surface area contributed by atoms with E-state index in [-0.39, 0.29) is 5.69 Å². The van der Waals surface area contributed by atoms with Gasteiger partial charge in [-0.1, -0.05) is 46.7 Å². The molecule has 0 N–H and O–H groups in total. The van der Waals surface area contributed by atoms with Crippen LogP contribution in [0.2, 0.25) is 0 Å². The number of nitro benzene ring substituents is 1. The van der Waals surface area contributed by atoms with Gasteiger partial charge in [0.1, 0.15) is 0 Å². The molecule has 2 heterocycles. The van der Waals surface area contributed by atoms with Crippen LogP contribution < -0.4 is 0 Å². The van der Waals surface area contributed by atoms with E-state index in [1.54, 1.807) is 16.8 Å². The fourth-order valence-corrected chi connectivity index (χ4v) is 3.50. The minimum absolute atomic E-state index is 0.0316. The summed E-state index contributed by atoms with van der Waals surface area (Å²) in [6.07, 6.45) is 0. The summed E-state index contributed by atoms with van der Waals surface area (Å²) >= 11 is 1.35. The number of benzene rings is 2. The number of rotatable bonds is 6. The highest BCUT2D eigenvalue weighted by Gasteiger charge is 2.16. The van der Waals surface area contributed by atoms with Crippen molar-refractivity contribution in [2.45, 2.75) is 24.8 Å². The zero-order valence-electron chi connectivity index (χ0n) is 15.5. The van der Waals surface area contributed by atoms with Gasteiger partial charge in [-0.25, -0.2) is 0 Å². The molecule has 0 spiro atoms. The number of hydrogen-bond donors (Lipinski definition) is 0. The van der Waals surface area contributed by atoms with E-state index < -0.39 is 4.92 Å². The SMILES string of the molecule is Cc1ccc(-n2nnnc2SCc2nc(-c3cccc([N+](=O)[O-])c3)no2)c(C)c1. The highest BCUT2D eigenvalue weighted by molar-refractivity contribution is 7.98. The van der Waals surface area contributed by atoms with Crippen LogP contribution in [0.3, 0.4) is 0 Å². The Labute approximate surface area is 169 Å². The number of hydrogen-bond acceptors (Lipinski definition) is 9. The van der Waals surface area contributed by atoms with Crippen molar-refractivity contribution in [3.05, 3.63) is 69.6 Å². The van der Waals surface area contributed by atoms with Gasteiger partial charge in [0.25, 0.3) is 5.69 Å². The fourth-order valence-electron chi connectivity index (χ4n) is 2.78. The smallest absolute Gasteiger partial charge is 0.270 e. The minimum Gasteiger partial charge on any atom is -0.338 e. The lowest BCUT2D eigenvalue weighted by molar-refractivity contribution is -0.384. The summed E-state index contributed by atoms with van der Waals surface area (Å²) in [6, 6.07) is 12.1. The van der Waals surface area contributed by atoms with Gasteiger partial charge in [-0.2, -0.15) is 9.67 Å². The molecular formula is C18H15N7O3S. The molecule has 0 fully saturated rings. The molecular weight excluding hydrogens is 394 g/mol. The Morgan fingerprint density at radius 3 is 2.86 bits per heavy atom. The molecule has 0 unspecified atom stereocenters. The molecule has 0 saturated heterocycles. The molecule has 146 valence electrons. The summed E-state index contributed by atoms with van der Waals surface area (Å²) in [7, 11) is 0. The van der Waals surface area contributed by atoms with Gasteiger partial charge in [-0.15, -0.1) is 5.10 Å². The highest BCUT2D eigenvalue weighted by Crippen LogP contribution is 2.26. The number of tetrazole rings is 1. The average molecular weight is 409 g/mol. The van der Waals surface area contributed by atoms with Crippen molar-refractivity contribution < 1.29 is 9.45 Å². The normalized spacial score (nSPS) is 11.0. The van der Waals surface area contributed by atoms with Crippen LogP contribution in [0.15, 0.2) is 52.1 Å². The molecule has 0 radical (unpaired) electrons. The maximum atomic E-state index is 10.9. The third kappa shape index (κ3) is 3.99. The molecule has 4 aromatic rings. The van der Waals surface area contributed by atoms with Gasteiger partial charge in [0.05, 0.1) is 16.4 Å². The second-order valence-electron chi connectivity index (χ2n) is 6.27. The van der Waals surface area contributed by atoms with E-state index in [0.717, 1.165) is 16.8 Å². The zero-order valence-corrected chi connectivity index (χ0v) is 16.3. The van der Waals surface area contributed by atoms with Gasteiger partial charge in [0.2, 0.25) is 16.9 Å². The van der Waals surface area contributed by atoms with E-state index in [1.807, 2.05) is 26.0 Å². The molecule has 4 rings (SSSR count). The molecule has 0 bridgehead atoms. The van der Waals surface area contributed by atoms with E-state index in [4.69, 9.17) is 4.52 Å². The Morgan fingerprint density at radius 2 is 2.07 bits per heavy atom. The number of nitro groups is 1. The van der Waals surface area contributed by atoms with Crippen LogP contribution in [0.25, 0.3) is 17.1 Å². The molecule has 0 saturated carbocycles. The molecule has 2 aromatic carbocycles. The summed E-state index contributed by atoms with van der Waals surface area (Å²) in [6.45, 7) is 4.03. The van der Waals surface area contributed by atoms with Crippen molar-refractivity contribution in [2.75, 3.05) is 0 Å². The first kappa shape index (κ1) is 18.7. The van der Waals surface area contributed by atoms with Crippen molar-refractivity contribution in [2.24, 2.45) is 0 Å². The highest BCUT2D eigenvalue weighted by atomic mass is 32.2. The number of nitrogens with zero attached hydrogens (tertiary/aromatic N) is 7. The van der Waals surface area contributed by atoms with E-state index in [9.17, 15) is 10.1 Å². The van der Waals surface area contributed by atoms with E-state index in [1.165, 1.54) is 23.9 Å². The Hall–Kier alpha value is -3.60. The quantitative estimate of drug-likeness (QED) is 0.267. The largest absolute Gasteiger partial charge is 0.338 e. The number of aryl methyl sites for hydroxylation is 2. The third-order valence-corrected chi connectivity index (χ3v) is 5.03. The third-order valence-electron chi connectivity index (χ3n) is 4.13. The van der Waals surface area contributed by atoms with Gasteiger partial charge in [-0.3, -0.25) is 10.1 Å². The first-order chi connectivity index (χ1) is 14.0. The molecule has 0 aliphatic heterocycles. The van der Waals surface area contributed by atoms with E-state index >= 15 is 0 Å². The lowest BCUT2D eigenvalue weighted by Crippen LogP contribution is -2.02. The average Bonchev–Trinajstić information content (AvgIpc) is 3.36. The Bertz CT molecular complexity index is 1190. The lowest BCUT2D eigenvalue weighted by atomic mass is 10.1. The Morgan fingerprint density at radius 1 is 1.21 bits per heavy atom. The van der Waals surface area contributed by atoms with Crippen LogP contribution in [0.5, 0.6) is 0 Å². The summed E-state index contributed by atoms with van der Waals surface area (Å²) in [5.41, 5.74) is 3.60. The Kier molecular flexibility index (Phi) is 5.04. The first-order valence-electron chi connectivity index (χ1n) is 8.57. The summed E-state index contributed by atoms with van der Waals surface area (Å²) in [5, 5.41) is 27.3. The van der Waals surface area contributed by atoms with Crippen molar-refractivity contribution in [3.8, 4) is 17.1 Å². The van der Waals surface area contributed by atoms with Crippen LogP contribution in [-0.4, -0.2) is 35.3 Å². The topological polar surface area (TPSA) is 126 Å². The van der Waals surface area contributed by atoms with E-state index in [2.05, 4.69) is 31.7 Å². The van der Waals surface area contributed by atoms with Crippen LogP contribution in [-0.2, 0) is 5.75 Å². The monoisotopic (exact) mass is 409 g/mol. The van der Waals surface area contributed by atoms with Crippen molar-refractivity contribution in [3.63, 3.8) is 0 Å². The van der Waals surface area contributed by atoms with Gasteiger partial charge < -0.3 is 4.52 Å². The first-order valence-corrected chi connectivity index (χ1v) is 9.56. The van der Waals surface area contributed by atoms with Gasteiger partial charge >= 0.3 is 0 Å².